The van der Waals surface area contributed by atoms with Crippen LogP contribution in [0.3, 0.4) is 0 Å². The summed E-state index contributed by atoms with van der Waals surface area (Å²) in [7, 11) is 0. The Bertz CT molecular complexity index is 2390. The maximum Gasteiger partial charge on any atom is 0.0725 e. The second-order valence-electron chi connectivity index (χ2n) is 13.2. The monoisotopic (exact) mass is 568 g/mol. The first-order valence-corrected chi connectivity index (χ1v) is 16.1. The van der Waals surface area contributed by atoms with Gasteiger partial charge in [-0.3, -0.25) is 0 Å². The first kappa shape index (κ1) is 23.9. The molecule has 0 heteroatoms. The van der Waals surface area contributed by atoms with E-state index in [9.17, 15) is 0 Å². The van der Waals surface area contributed by atoms with Crippen molar-refractivity contribution in [3.8, 4) is 55.6 Å². The van der Waals surface area contributed by atoms with Crippen molar-refractivity contribution >= 4 is 0 Å². The van der Waals surface area contributed by atoms with E-state index < -0.39 is 0 Å². The van der Waals surface area contributed by atoms with Crippen LogP contribution < -0.4 is 0 Å². The molecule has 11 rings (SSSR count). The van der Waals surface area contributed by atoms with Crippen molar-refractivity contribution in [2.24, 2.45) is 0 Å². The second-order valence-corrected chi connectivity index (χ2v) is 13.2. The summed E-state index contributed by atoms with van der Waals surface area (Å²) >= 11 is 0. The lowest BCUT2D eigenvalue weighted by Gasteiger charge is -2.30. The lowest BCUT2D eigenvalue weighted by molar-refractivity contribution is 0.794. The SMILES string of the molecule is c1ccc2c(c1)Cc1cc3c(cc1-2)Cc1c(-c2ccc4c(c2)-c2ccccc2C42c4ccccc4-c4ccccc42)cccc1-3. The summed E-state index contributed by atoms with van der Waals surface area (Å²) in [4.78, 5) is 0. The standard InChI is InChI=1S/C45H28/c1-2-11-31-27(10-1)22-29-24-38-30(25-37(29)31)26-39-32(15-9-16-33(38)39)28-20-21-44-40(23-28)36-14-5-8-19-43(36)45(44)41-17-6-3-12-34(41)35-13-4-7-18-42(35)45/h1-21,23-25H,22,26H2. The molecule has 0 amide bonds. The lowest BCUT2D eigenvalue weighted by atomic mass is 9.70. The van der Waals surface area contributed by atoms with Crippen molar-refractivity contribution in [1.82, 2.24) is 0 Å². The van der Waals surface area contributed by atoms with Crippen LogP contribution >= 0.6 is 0 Å². The average molecular weight is 569 g/mol. The zero-order valence-electron chi connectivity index (χ0n) is 24.8. The zero-order valence-corrected chi connectivity index (χ0v) is 24.8. The molecule has 0 radical (unpaired) electrons. The highest BCUT2D eigenvalue weighted by atomic mass is 14.5. The van der Waals surface area contributed by atoms with E-state index in [4.69, 9.17) is 0 Å². The van der Waals surface area contributed by atoms with E-state index in [1.54, 1.807) is 0 Å². The van der Waals surface area contributed by atoms with Crippen LogP contribution in [0.1, 0.15) is 44.5 Å². The normalized spacial score (nSPS) is 14.7. The molecule has 208 valence electrons. The Morgan fingerprint density at radius 1 is 0.311 bits per heavy atom. The van der Waals surface area contributed by atoms with Gasteiger partial charge < -0.3 is 0 Å². The van der Waals surface area contributed by atoms with Gasteiger partial charge in [0.1, 0.15) is 0 Å². The summed E-state index contributed by atoms with van der Waals surface area (Å²) in [5.74, 6) is 0. The summed E-state index contributed by atoms with van der Waals surface area (Å²) in [6.45, 7) is 0. The van der Waals surface area contributed by atoms with Crippen molar-refractivity contribution in [2.75, 3.05) is 0 Å². The van der Waals surface area contributed by atoms with Crippen LogP contribution in [0.25, 0.3) is 55.6 Å². The van der Waals surface area contributed by atoms with Gasteiger partial charge in [0.05, 0.1) is 5.41 Å². The minimum Gasteiger partial charge on any atom is -0.0619 e. The van der Waals surface area contributed by atoms with E-state index in [-0.39, 0.29) is 5.41 Å². The molecule has 0 nitrogen and oxygen atoms in total. The van der Waals surface area contributed by atoms with Gasteiger partial charge in [0, 0.05) is 0 Å². The van der Waals surface area contributed by atoms with Crippen molar-refractivity contribution in [3.63, 3.8) is 0 Å². The number of hydrogen-bond acceptors (Lipinski definition) is 0. The predicted octanol–water partition coefficient (Wildman–Crippen LogP) is 10.8. The Morgan fingerprint density at radius 3 is 1.53 bits per heavy atom. The van der Waals surface area contributed by atoms with Crippen LogP contribution in [0.2, 0.25) is 0 Å². The molecular weight excluding hydrogens is 540 g/mol. The van der Waals surface area contributed by atoms with Crippen molar-refractivity contribution in [3.05, 3.63) is 190 Å². The molecule has 0 saturated carbocycles. The zero-order chi connectivity index (χ0) is 29.3. The summed E-state index contributed by atoms with van der Waals surface area (Å²) in [5, 5.41) is 0. The van der Waals surface area contributed by atoms with Crippen LogP contribution in [0, 0.1) is 0 Å². The van der Waals surface area contributed by atoms with Crippen molar-refractivity contribution in [1.29, 1.82) is 0 Å². The Labute approximate surface area is 263 Å². The van der Waals surface area contributed by atoms with Gasteiger partial charge in [-0.2, -0.15) is 0 Å². The highest BCUT2D eigenvalue weighted by molar-refractivity contribution is 5.97. The van der Waals surface area contributed by atoms with Crippen LogP contribution in [0.4, 0.5) is 0 Å². The van der Waals surface area contributed by atoms with Gasteiger partial charge in [0.25, 0.3) is 0 Å². The molecule has 7 aromatic carbocycles. The molecule has 0 aliphatic heterocycles. The first-order valence-electron chi connectivity index (χ1n) is 16.1. The molecule has 1 spiro atoms. The van der Waals surface area contributed by atoms with Gasteiger partial charge in [-0.15, -0.1) is 0 Å². The largest absolute Gasteiger partial charge is 0.0725 e. The molecular formula is C45H28. The summed E-state index contributed by atoms with van der Waals surface area (Å²) in [5.41, 5.74) is 24.9. The molecule has 0 saturated heterocycles. The summed E-state index contributed by atoms with van der Waals surface area (Å²) in [6, 6.07) is 55.4. The van der Waals surface area contributed by atoms with Gasteiger partial charge in [-0.25, -0.2) is 0 Å². The van der Waals surface area contributed by atoms with E-state index in [0.29, 0.717) is 0 Å². The predicted molar refractivity (Wildman–Crippen MR) is 185 cm³/mol. The van der Waals surface area contributed by atoms with Gasteiger partial charge >= 0.3 is 0 Å². The molecule has 7 aromatic rings. The minimum atomic E-state index is -0.288. The maximum atomic E-state index is 2.49. The molecule has 45 heavy (non-hydrogen) atoms. The van der Waals surface area contributed by atoms with Crippen LogP contribution in [-0.2, 0) is 18.3 Å². The van der Waals surface area contributed by atoms with E-state index in [1.807, 2.05) is 0 Å². The summed E-state index contributed by atoms with van der Waals surface area (Å²) in [6.07, 6.45) is 2.01. The number of benzene rings is 7. The number of rotatable bonds is 1. The lowest BCUT2D eigenvalue weighted by Crippen LogP contribution is -2.25. The van der Waals surface area contributed by atoms with Gasteiger partial charge in [-0.1, -0.05) is 127 Å². The van der Waals surface area contributed by atoms with Gasteiger partial charge in [-0.05, 0) is 131 Å². The van der Waals surface area contributed by atoms with Gasteiger partial charge in [0.15, 0.2) is 0 Å². The molecule has 0 atom stereocenters. The Kier molecular flexibility index (Phi) is 4.45. The maximum absolute atomic E-state index is 2.49. The Balaban J connectivity index is 1.10. The summed E-state index contributed by atoms with van der Waals surface area (Å²) < 4.78 is 0. The molecule has 0 aromatic heterocycles. The van der Waals surface area contributed by atoms with Crippen LogP contribution in [0.5, 0.6) is 0 Å². The fourth-order valence-electron chi connectivity index (χ4n) is 9.38. The van der Waals surface area contributed by atoms with Crippen molar-refractivity contribution < 1.29 is 0 Å². The van der Waals surface area contributed by atoms with Crippen LogP contribution in [0.15, 0.2) is 146 Å². The highest BCUT2D eigenvalue weighted by Gasteiger charge is 2.51. The van der Waals surface area contributed by atoms with E-state index in [2.05, 4.69) is 146 Å². The van der Waals surface area contributed by atoms with E-state index >= 15 is 0 Å². The van der Waals surface area contributed by atoms with Crippen LogP contribution in [-0.4, -0.2) is 0 Å². The van der Waals surface area contributed by atoms with E-state index in [0.717, 1.165) is 12.8 Å². The highest BCUT2D eigenvalue weighted by Crippen LogP contribution is 2.63. The average Bonchev–Trinajstić information content (AvgIpc) is 3.82. The third kappa shape index (κ3) is 2.89. The molecule has 0 N–H and O–H groups in total. The first-order chi connectivity index (χ1) is 22.3. The molecule has 0 unspecified atom stereocenters. The van der Waals surface area contributed by atoms with Gasteiger partial charge in [0.2, 0.25) is 0 Å². The third-order valence-electron chi connectivity index (χ3n) is 11.2. The smallest absolute Gasteiger partial charge is 0.0619 e. The fourth-order valence-corrected chi connectivity index (χ4v) is 9.38. The molecule has 4 aliphatic carbocycles. The molecule has 0 bridgehead atoms. The minimum absolute atomic E-state index is 0.288. The quantitative estimate of drug-likeness (QED) is 0.185. The molecule has 0 heterocycles. The number of hydrogen-bond donors (Lipinski definition) is 0. The van der Waals surface area contributed by atoms with E-state index in [1.165, 1.54) is 100 Å². The second kappa shape index (κ2) is 8.37. The fraction of sp³-hybridized carbons (Fsp3) is 0.0667. The Hall–Kier alpha value is -5.46. The number of fused-ring (bicyclic) bond motifs is 16. The van der Waals surface area contributed by atoms with Crippen molar-refractivity contribution in [2.45, 2.75) is 18.3 Å². The Morgan fingerprint density at radius 2 is 0.822 bits per heavy atom. The molecule has 0 fully saturated rings. The topological polar surface area (TPSA) is 0 Å². The molecule has 4 aliphatic rings. The third-order valence-corrected chi connectivity index (χ3v) is 11.2.